The van der Waals surface area contributed by atoms with Gasteiger partial charge in [-0.2, -0.15) is 0 Å². The van der Waals surface area contributed by atoms with Gasteiger partial charge in [-0.3, -0.25) is 0 Å². The van der Waals surface area contributed by atoms with E-state index in [4.69, 9.17) is 4.74 Å². The van der Waals surface area contributed by atoms with Crippen LogP contribution in [0.1, 0.15) is 90.0 Å². The molecule has 156 valence electrons. The largest absolute Gasteiger partial charge is 0.494 e. The van der Waals surface area contributed by atoms with Crippen LogP contribution in [0.4, 0.5) is 0 Å². The van der Waals surface area contributed by atoms with E-state index in [2.05, 4.69) is 37.5 Å². The summed E-state index contributed by atoms with van der Waals surface area (Å²) in [6, 6.07) is 8.05. The molecule has 1 aromatic carbocycles. The van der Waals surface area contributed by atoms with Gasteiger partial charge in [-0.05, 0) is 74.4 Å². The maximum Gasteiger partial charge on any atom is 0.119 e. The van der Waals surface area contributed by atoms with E-state index in [9.17, 15) is 0 Å². The van der Waals surface area contributed by atoms with Crippen LogP contribution in [-0.4, -0.2) is 6.61 Å². The highest BCUT2D eigenvalue weighted by molar-refractivity contribution is 5.40. The van der Waals surface area contributed by atoms with E-state index in [1.807, 2.05) is 36.4 Å². The van der Waals surface area contributed by atoms with Gasteiger partial charge in [0.1, 0.15) is 5.75 Å². The van der Waals surface area contributed by atoms with Crippen molar-refractivity contribution in [1.29, 1.82) is 0 Å². The zero-order valence-electron chi connectivity index (χ0n) is 18.5. The van der Waals surface area contributed by atoms with Gasteiger partial charge >= 0.3 is 0 Å². The zero-order chi connectivity index (χ0) is 20.6. The van der Waals surface area contributed by atoms with E-state index < -0.39 is 0 Å². The predicted molar refractivity (Wildman–Crippen MR) is 125 cm³/mol. The smallest absolute Gasteiger partial charge is 0.119 e. The molecule has 1 fully saturated rings. The van der Waals surface area contributed by atoms with Crippen LogP contribution in [0.25, 0.3) is 0 Å². The first-order chi connectivity index (χ1) is 14.3. The number of rotatable bonds is 9. The maximum absolute atomic E-state index is 5.77. The third kappa shape index (κ3) is 10.3. The Balaban J connectivity index is 1.67. The normalized spacial score (nSPS) is 18.6. The van der Waals surface area contributed by atoms with E-state index >= 15 is 0 Å². The van der Waals surface area contributed by atoms with Gasteiger partial charge in [0.2, 0.25) is 0 Å². The summed E-state index contributed by atoms with van der Waals surface area (Å²) in [4.78, 5) is 0. The topological polar surface area (TPSA) is 9.23 Å². The quantitative estimate of drug-likeness (QED) is 0.312. The molecular formula is C28H38O. The SMILES string of the molecule is CCCCCCOc1ccc(C#CC=CC#CC2CCC(CCCC)CC2)cc1. The first-order valence-electron chi connectivity index (χ1n) is 11.7. The second-order valence-electron chi connectivity index (χ2n) is 8.18. The average molecular weight is 391 g/mol. The Morgan fingerprint density at radius 3 is 2.31 bits per heavy atom. The summed E-state index contributed by atoms with van der Waals surface area (Å²) in [5.41, 5.74) is 1.01. The monoisotopic (exact) mass is 390 g/mol. The van der Waals surface area contributed by atoms with Crippen LogP contribution in [0.3, 0.4) is 0 Å². The highest BCUT2D eigenvalue weighted by atomic mass is 16.5. The number of unbranched alkanes of at least 4 members (excludes halogenated alkanes) is 4. The highest BCUT2D eigenvalue weighted by Gasteiger charge is 2.18. The molecule has 1 aliphatic carbocycles. The van der Waals surface area contributed by atoms with E-state index in [1.54, 1.807) is 0 Å². The predicted octanol–water partition coefficient (Wildman–Crippen LogP) is 7.55. The molecule has 29 heavy (non-hydrogen) atoms. The van der Waals surface area contributed by atoms with Crippen molar-refractivity contribution in [2.75, 3.05) is 6.61 Å². The minimum atomic E-state index is 0.583. The molecule has 1 heteroatoms. The first-order valence-corrected chi connectivity index (χ1v) is 11.7. The summed E-state index contributed by atoms with van der Waals surface area (Å²) in [5.74, 6) is 15.3. The fraction of sp³-hybridized carbons (Fsp3) is 0.571. The molecular weight excluding hydrogens is 352 g/mol. The molecule has 0 aromatic heterocycles. The molecule has 0 amide bonds. The van der Waals surface area contributed by atoms with Crippen LogP contribution in [0.15, 0.2) is 36.4 Å². The van der Waals surface area contributed by atoms with E-state index in [0.29, 0.717) is 5.92 Å². The molecule has 0 unspecified atom stereocenters. The molecule has 1 nitrogen and oxygen atoms in total. The Hall–Kier alpha value is -2.12. The molecule has 1 saturated carbocycles. The lowest BCUT2D eigenvalue weighted by Gasteiger charge is -2.25. The molecule has 1 aliphatic rings. The lowest BCUT2D eigenvalue weighted by atomic mass is 9.80. The summed E-state index contributed by atoms with van der Waals surface area (Å²) in [5, 5.41) is 0. The van der Waals surface area contributed by atoms with E-state index in [-0.39, 0.29) is 0 Å². The van der Waals surface area contributed by atoms with Gasteiger partial charge in [0, 0.05) is 11.5 Å². The summed E-state index contributed by atoms with van der Waals surface area (Å²) >= 11 is 0. The minimum absolute atomic E-state index is 0.583. The highest BCUT2D eigenvalue weighted by Crippen LogP contribution is 2.31. The average Bonchev–Trinajstić information content (AvgIpc) is 2.76. The minimum Gasteiger partial charge on any atom is -0.494 e. The number of ether oxygens (including phenoxy) is 1. The molecule has 0 heterocycles. The third-order valence-corrected chi connectivity index (χ3v) is 5.69. The maximum atomic E-state index is 5.77. The van der Waals surface area contributed by atoms with Crippen LogP contribution in [0.2, 0.25) is 0 Å². The Morgan fingerprint density at radius 1 is 0.862 bits per heavy atom. The van der Waals surface area contributed by atoms with Crippen LogP contribution in [0.5, 0.6) is 5.75 Å². The Morgan fingerprint density at radius 2 is 1.59 bits per heavy atom. The number of hydrogen-bond acceptors (Lipinski definition) is 1. The number of allylic oxidation sites excluding steroid dienone is 2. The summed E-state index contributed by atoms with van der Waals surface area (Å²) in [7, 11) is 0. The Bertz CT molecular complexity index is 697. The van der Waals surface area contributed by atoms with Crippen molar-refractivity contribution in [2.45, 2.75) is 84.5 Å². The van der Waals surface area contributed by atoms with E-state index in [0.717, 1.165) is 30.3 Å². The Labute approximate surface area is 179 Å². The van der Waals surface area contributed by atoms with Gasteiger partial charge in [0.05, 0.1) is 6.61 Å². The zero-order valence-corrected chi connectivity index (χ0v) is 18.5. The van der Waals surface area contributed by atoms with Crippen molar-refractivity contribution in [3.63, 3.8) is 0 Å². The molecule has 0 N–H and O–H groups in total. The van der Waals surface area contributed by atoms with E-state index in [1.165, 1.54) is 64.2 Å². The Kier molecular flexibility index (Phi) is 11.8. The van der Waals surface area contributed by atoms with Crippen molar-refractivity contribution < 1.29 is 4.74 Å². The lowest BCUT2D eigenvalue weighted by molar-refractivity contribution is 0.296. The van der Waals surface area contributed by atoms with Gasteiger partial charge in [0.15, 0.2) is 0 Å². The summed E-state index contributed by atoms with van der Waals surface area (Å²) in [6.45, 7) is 5.31. The van der Waals surface area contributed by atoms with Crippen LogP contribution in [-0.2, 0) is 0 Å². The molecule has 0 bridgehead atoms. The van der Waals surface area contributed by atoms with Gasteiger partial charge in [-0.25, -0.2) is 0 Å². The lowest BCUT2D eigenvalue weighted by Crippen LogP contribution is -2.13. The van der Waals surface area contributed by atoms with Crippen molar-refractivity contribution in [1.82, 2.24) is 0 Å². The third-order valence-electron chi connectivity index (χ3n) is 5.69. The summed E-state index contributed by atoms with van der Waals surface area (Å²) in [6.07, 6.45) is 18.1. The number of benzene rings is 1. The van der Waals surface area contributed by atoms with Gasteiger partial charge in [-0.15, -0.1) is 0 Å². The fourth-order valence-corrected chi connectivity index (χ4v) is 3.82. The van der Waals surface area contributed by atoms with Crippen molar-refractivity contribution in [3.8, 4) is 29.4 Å². The molecule has 0 radical (unpaired) electrons. The van der Waals surface area contributed by atoms with Gasteiger partial charge in [-0.1, -0.05) is 76.1 Å². The molecule has 0 spiro atoms. The molecule has 0 aliphatic heterocycles. The standard InChI is InChI=1S/C28H38O/c1-3-5-7-12-24-29-28-22-20-27(21-23-28)15-11-9-8-10-14-26-18-16-25(17-19-26)13-6-4-2/h8-9,20-23,25-26H,3-7,12-13,16-19,24H2,1-2H3. The van der Waals surface area contributed by atoms with Crippen molar-refractivity contribution in [3.05, 3.63) is 42.0 Å². The van der Waals surface area contributed by atoms with Crippen molar-refractivity contribution in [2.24, 2.45) is 11.8 Å². The second kappa shape index (κ2) is 14.8. The van der Waals surface area contributed by atoms with Gasteiger partial charge in [0.25, 0.3) is 0 Å². The van der Waals surface area contributed by atoms with Crippen LogP contribution in [0, 0.1) is 35.5 Å². The fourth-order valence-electron chi connectivity index (χ4n) is 3.82. The van der Waals surface area contributed by atoms with Crippen molar-refractivity contribution >= 4 is 0 Å². The second-order valence-corrected chi connectivity index (χ2v) is 8.18. The van der Waals surface area contributed by atoms with Crippen LogP contribution < -0.4 is 4.74 Å². The first kappa shape index (κ1) is 23.2. The number of hydrogen-bond donors (Lipinski definition) is 0. The molecule has 0 saturated heterocycles. The molecule has 2 rings (SSSR count). The van der Waals surface area contributed by atoms with Gasteiger partial charge < -0.3 is 4.74 Å². The molecule has 1 aromatic rings. The summed E-state index contributed by atoms with van der Waals surface area (Å²) < 4.78 is 5.77. The van der Waals surface area contributed by atoms with Crippen LogP contribution >= 0.6 is 0 Å². The molecule has 0 atom stereocenters.